The van der Waals surface area contributed by atoms with E-state index in [9.17, 15) is 9.90 Å². The maximum atomic E-state index is 11.6. The lowest BCUT2D eigenvalue weighted by Gasteiger charge is -2.48. The molecule has 2 N–H and O–H groups in total. The van der Waals surface area contributed by atoms with Crippen molar-refractivity contribution in [3.05, 3.63) is 60.7 Å². The van der Waals surface area contributed by atoms with Gasteiger partial charge in [-0.05, 0) is 40.6 Å². The second kappa shape index (κ2) is 9.67. The number of hydrogen-bond donors (Lipinski definition) is 2. The number of nitrogens with one attached hydrogen (secondary N) is 1. The first-order chi connectivity index (χ1) is 14.8. The molecule has 6 heteroatoms. The molecule has 0 bridgehead atoms. The van der Waals surface area contributed by atoms with Gasteiger partial charge in [0.15, 0.2) is 0 Å². The summed E-state index contributed by atoms with van der Waals surface area (Å²) in [4.78, 5) is 11.6. The Morgan fingerprint density at radius 2 is 1.65 bits per heavy atom. The van der Waals surface area contributed by atoms with Crippen molar-refractivity contribution in [1.29, 1.82) is 5.26 Å². The van der Waals surface area contributed by atoms with Gasteiger partial charge in [0.1, 0.15) is 0 Å². The van der Waals surface area contributed by atoms with Crippen LogP contribution in [-0.4, -0.2) is 31.7 Å². The molecule has 1 fully saturated rings. The van der Waals surface area contributed by atoms with Gasteiger partial charge in [-0.2, -0.15) is 5.26 Å². The van der Waals surface area contributed by atoms with Gasteiger partial charge in [-0.25, -0.2) is 4.79 Å². The minimum absolute atomic E-state index is 0.174. The molecule has 2 aromatic rings. The van der Waals surface area contributed by atoms with E-state index in [0.717, 1.165) is 12.8 Å². The number of nitriles is 1. The Hall–Kier alpha value is -2.62. The molecule has 31 heavy (non-hydrogen) atoms. The zero-order chi connectivity index (χ0) is 22.5. The van der Waals surface area contributed by atoms with E-state index in [1.807, 2.05) is 36.4 Å². The maximum Gasteiger partial charge on any atom is 0.404 e. The molecule has 1 amide bonds. The molecule has 0 radical (unpaired) electrons. The summed E-state index contributed by atoms with van der Waals surface area (Å²) in [6.45, 7) is 6.67. The van der Waals surface area contributed by atoms with Crippen molar-refractivity contribution in [2.75, 3.05) is 0 Å². The summed E-state index contributed by atoms with van der Waals surface area (Å²) in [5, 5.41) is 23.5. The summed E-state index contributed by atoms with van der Waals surface area (Å²) in [6.07, 6.45) is 1.40. The number of amides is 1. The molecule has 0 aliphatic heterocycles. The predicted molar refractivity (Wildman–Crippen MR) is 125 cm³/mol. The molecule has 3 atom stereocenters. The predicted octanol–water partition coefficient (Wildman–Crippen LogP) is 4.28. The molecule has 0 heterocycles. The highest BCUT2D eigenvalue weighted by molar-refractivity contribution is 6.99. The summed E-state index contributed by atoms with van der Waals surface area (Å²) in [7, 11) is -2.77. The maximum absolute atomic E-state index is 11.6. The molecule has 2 aromatic carbocycles. The molecular formula is C25H32N2O3Si. The molecule has 0 unspecified atom stereocenters. The summed E-state index contributed by atoms with van der Waals surface area (Å²) in [5.41, 5.74) is 0. The molecule has 5 nitrogen and oxygen atoms in total. The second-order valence-electron chi connectivity index (χ2n) is 9.42. The third-order valence-corrected chi connectivity index (χ3v) is 11.4. The van der Waals surface area contributed by atoms with Crippen LogP contribution in [0.4, 0.5) is 4.79 Å². The van der Waals surface area contributed by atoms with Gasteiger partial charge in [-0.1, -0.05) is 81.4 Å². The van der Waals surface area contributed by atoms with Crippen LogP contribution in [-0.2, 0) is 4.43 Å². The Morgan fingerprint density at radius 1 is 1.10 bits per heavy atom. The van der Waals surface area contributed by atoms with Crippen LogP contribution in [0, 0.1) is 17.2 Å². The minimum Gasteiger partial charge on any atom is -0.465 e. The minimum atomic E-state index is -2.77. The van der Waals surface area contributed by atoms with Crippen molar-refractivity contribution >= 4 is 24.8 Å². The largest absolute Gasteiger partial charge is 0.465 e. The average molecular weight is 437 g/mol. The monoisotopic (exact) mass is 436 g/mol. The standard InChI is InChI=1S/C25H32N2O3Si/c1-25(2,3)31(20-10-6-4-7-11-20,21-12-8-5-9-13-21)30-23-15-14-19(16-17-26)18-22(23)27-24(28)29/h4-13,19,22-23,27H,14-16,18H2,1-3H3,(H,28,29)/t19-,22-,23-/m1/s1. The third kappa shape index (κ3) is 5.00. The SMILES string of the molecule is CC(C)(C)[Si](O[C@@H]1CC[C@H](CC#N)C[C@H]1NC(=O)O)(c1ccccc1)c1ccccc1. The topological polar surface area (TPSA) is 82.3 Å². The fraction of sp³-hybridized carbons (Fsp3) is 0.440. The van der Waals surface area contributed by atoms with Crippen molar-refractivity contribution < 1.29 is 14.3 Å². The van der Waals surface area contributed by atoms with Crippen molar-refractivity contribution in [2.24, 2.45) is 5.92 Å². The number of hydrogen-bond acceptors (Lipinski definition) is 3. The van der Waals surface area contributed by atoms with E-state index in [-0.39, 0.29) is 23.1 Å². The van der Waals surface area contributed by atoms with E-state index < -0.39 is 14.4 Å². The molecule has 164 valence electrons. The lowest BCUT2D eigenvalue weighted by Crippen LogP contribution is -2.69. The third-order valence-electron chi connectivity index (χ3n) is 6.33. The molecule has 1 aliphatic rings. The molecule has 1 saturated carbocycles. The number of carbonyl (C=O) groups is 1. The van der Waals surface area contributed by atoms with Gasteiger partial charge < -0.3 is 14.8 Å². The van der Waals surface area contributed by atoms with Crippen molar-refractivity contribution in [3.63, 3.8) is 0 Å². The van der Waals surface area contributed by atoms with E-state index >= 15 is 0 Å². The molecule has 1 aliphatic carbocycles. The highest BCUT2D eigenvalue weighted by Crippen LogP contribution is 2.40. The van der Waals surface area contributed by atoms with Crippen LogP contribution in [0.1, 0.15) is 46.5 Å². The Morgan fingerprint density at radius 3 is 2.10 bits per heavy atom. The zero-order valence-corrected chi connectivity index (χ0v) is 19.5. The van der Waals surface area contributed by atoms with Crippen LogP contribution in [0.2, 0.25) is 5.04 Å². The van der Waals surface area contributed by atoms with Gasteiger partial charge in [-0.3, -0.25) is 0 Å². The van der Waals surface area contributed by atoms with Gasteiger partial charge >= 0.3 is 6.09 Å². The van der Waals surface area contributed by atoms with Crippen LogP contribution >= 0.6 is 0 Å². The zero-order valence-electron chi connectivity index (χ0n) is 18.5. The number of rotatable bonds is 6. The summed E-state index contributed by atoms with van der Waals surface area (Å²) in [5.74, 6) is 0.195. The fourth-order valence-corrected chi connectivity index (χ4v) is 9.67. The number of carboxylic acid groups (broad SMARTS) is 1. The van der Waals surface area contributed by atoms with E-state index in [1.165, 1.54) is 10.4 Å². The smallest absolute Gasteiger partial charge is 0.404 e. The van der Waals surface area contributed by atoms with Gasteiger partial charge in [0.05, 0.1) is 18.2 Å². The van der Waals surface area contributed by atoms with Gasteiger partial charge in [0.2, 0.25) is 0 Å². The Balaban J connectivity index is 2.08. The Bertz CT molecular complexity index is 866. The van der Waals surface area contributed by atoms with Gasteiger partial charge in [0, 0.05) is 6.42 Å². The van der Waals surface area contributed by atoms with Crippen molar-refractivity contribution in [2.45, 2.75) is 63.6 Å². The second-order valence-corrected chi connectivity index (χ2v) is 13.7. The first-order valence-electron chi connectivity index (χ1n) is 10.9. The van der Waals surface area contributed by atoms with Gasteiger partial charge in [0.25, 0.3) is 8.32 Å². The highest BCUT2D eigenvalue weighted by atomic mass is 28.4. The van der Waals surface area contributed by atoms with Gasteiger partial charge in [-0.15, -0.1) is 0 Å². The number of nitrogens with zero attached hydrogens (tertiary/aromatic N) is 1. The van der Waals surface area contributed by atoms with E-state index in [2.05, 4.69) is 56.4 Å². The first-order valence-corrected chi connectivity index (χ1v) is 12.8. The quantitative estimate of drug-likeness (QED) is 0.662. The molecule has 3 rings (SSSR count). The van der Waals surface area contributed by atoms with Crippen molar-refractivity contribution in [3.8, 4) is 6.07 Å². The van der Waals surface area contributed by atoms with Crippen LogP contribution < -0.4 is 15.7 Å². The first kappa shape index (κ1) is 23.0. The summed E-state index contributed by atoms with van der Waals surface area (Å²) < 4.78 is 7.19. The van der Waals surface area contributed by atoms with Crippen molar-refractivity contribution in [1.82, 2.24) is 5.32 Å². The summed E-state index contributed by atoms with van der Waals surface area (Å²) in [6, 6.07) is 22.7. The average Bonchev–Trinajstić information content (AvgIpc) is 2.73. The Kier molecular flexibility index (Phi) is 7.19. The van der Waals surface area contributed by atoms with Crippen LogP contribution in [0.15, 0.2) is 60.7 Å². The van der Waals surface area contributed by atoms with E-state index in [1.54, 1.807) is 0 Å². The Labute approximate surface area is 186 Å². The number of benzene rings is 2. The summed E-state index contributed by atoms with van der Waals surface area (Å²) >= 11 is 0. The lowest BCUT2D eigenvalue weighted by molar-refractivity contribution is 0.0807. The van der Waals surface area contributed by atoms with Crippen LogP contribution in [0.5, 0.6) is 0 Å². The molecule has 0 aromatic heterocycles. The lowest BCUT2D eigenvalue weighted by atomic mass is 9.82. The molecule has 0 saturated heterocycles. The molecular weight excluding hydrogens is 404 g/mol. The highest BCUT2D eigenvalue weighted by Gasteiger charge is 2.52. The molecule has 0 spiro atoms. The van der Waals surface area contributed by atoms with Crippen LogP contribution in [0.25, 0.3) is 0 Å². The van der Waals surface area contributed by atoms with Crippen LogP contribution in [0.3, 0.4) is 0 Å². The normalized spacial score (nSPS) is 21.8. The van der Waals surface area contributed by atoms with E-state index in [0.29, 0.717) is 12.8 Å². The van der Waals surface area contributed by atoms with E-state index in [4.69, 9.17) is 9.69 Å². The fourth-order valence-electron chi connectivity index (χ4n) is 4.91.